The first-order valence-corrected chi connectivity index (χ1v) is 23.2. The van der Waals surface area contributed by atoms with Gasteiger partial charge in [0.15, 0.2) is 0 Å². The predicted octanol–water partition coefficient (Wildman–Crippen LogP) is 16.2. The molecule has 4 aliphatic rings. The van der Waals surface area contributed by atoms with Gasteiger partial charge < -0.3 is 9.64 Å². The minimum Gasteiger partial charge on any atom is -0.485 e. The minimum absolute atomic E-state index is 0.0308. The summed E-state index contributed by atoms with van der Waals surface area (Å²) in [5, 5.41) is 0. The average Bonchev–Trinajstić information content (AvgIpc) is 3.99. The largest absolute Gasteiger partial charge is 0.485 e. The molecule has 2 heteroatoms. The van der Waals surface area contributed by atoms with E-state index < -0.39 is 5.41 Å². The molecular formula is C64H47NO. The van der Waals surface area contributed by atoms with Gasteiger partial charge in [0.1, 0.15) is 11.9 Å². The van der Waals surface area contributed by atoms with Crippen LogP contribution in [0.4, 0.5) is 17.1 Å². The quantitative estimate of drug-likeness (QED) is 0.158. The normalized spacial score (nSPS) is 17.3. The minimum atomic E-state index is -0.542. The van der Waals surface area contributed by atoms with Crippen molar-refractivity contribution in [3.05, 3.63) is 276 Å². The second kappa shape index (κ2) is 14.8. The zero-order valence-electron chi connectivity index (χ0n) is 37.0. The van der Waals surface area contributed by atoms with Gasteiger partial charge in [0.05, 0.1) is 11.1 Å². The van der Waals surface area contributed by atoms with Crippen molar-refractivity contribution in [2.75, 3.05) is 4.90 Å². The first-order chi connectivity index (χ1) is 32.5. The highest BCUT2D eigenvalue weighted by molar-refractivity contribution is 5.89. The fraction of sp³-hybridized carbons (Fsp3) is 0.0938. The Morgan fingerprint density at radius 3 is 1.61 bits per heavy atom. The molecule has 0 fully saturated rings. The Balaban J connectivity index is 0.953. The zero-order chi connectivity index (χ0) is 44.0. The second-order valence-corrected chi connectivity index (χ2v) is 18.7. The maximum absolute atomic E-state index is 7.40. The molecular weight excluding hydrogens is 799 g/mol. The van der Waals surface area contributed by atoms with Gasteiger partial charge in [0.2, 0.25) is 0 Å². The molecule has 66 heavy (non-hydrogen) atoms. The van der Waals surface area contributed by atoms with E-state index in [4.69, 9.17) is 4.74 Å². The highest BCUT2D eigenvalue weighted by Gasteiger charge is 2.53. The summed E-state index contributed by atoms with van der Waals surface area (Å²) in [6, 6.07) is 80.4. The third-order valence-corrected chi connectivity index (χ3v) is 15.0. The van der Waals surface area contributed by atoms with E-state index in [0.717, 1.165) is 22.8 Å². The predicted molar refractivity (Wildman–Crippen MR) is 272 cm³/mol. The summed E-state index contributed by atoms with van der Waals surface area (Å²) in [7, 11) is 0. The van der Waals surface area contributed by atoms with Gasteiger partial charge in [-0.3, -0.25) is 0 Å². The maximum Gasteiger partial charge on any atom is 0.132 e. The van der Waals surface area contributed by atoms with E-state index in [9.17, 15) is 0 Å². The van der Waals surface area contributed by atoms with Crippen LogP contribution in [0.1, 0.15) is 53.1 Å². The van der Waals surface area contributed by atoms with Gasteiger partial charge in [0.25, 0.3) is 0 Å². The van der Waals surface area contributed by atoms with Crippen LogP contribution in [0.25, 0.3) is 44.5 Å². The van der Waals surface area contributed by atoms with Crippen molar-refractivity contribution < 1.29 is 4.74 Å². The summed E-state index contributed by atoms with van der Waals surface area (Å²) in [4.78, 5) is 2.48. The van der Waals surface area contributed by atoms with E-state index >= 15 is 0 Å². The van der Waals surface area contributed by atoms with Gasteiger partial charge in [-0.1, -0.05) is 214 Å². The van der Waals surface area contributed by atoms with Crippen LogP contribution in [0, 0.1) is 0 Å². The summed E-state index contributed by atoms with van der Waals surface area (Å²) < 4.78 is 7.40. The first kappa shape index (κ1) is 38.5. The van der Waals surface area contributed by atoms with Crippen LogP contribution in [-0.2, 0) is 10.8 Å². The Kier molecular flexibility index (Phi) is 8.64. The van der Waals surface area contributed by atoms with Crippen molar-refractivity contribution in [3.8, 4) is 50.3 Å². The van der Waals surface area contributed by atoms with Crippen LogP contribution in [0.5, 0.6) is 5.75 Å². The smallest absolute Gasteiger partial charge is 0.132 e. The van der Waals surface area contributed by atoms with Crippen molar-refractivity contribution >= 4 is 17.1 Å². The number of anilines is 3. The molecule has 3 aliphatic carbocycles. The molecule has 0 aromatic heterocycles. The topological polar surface area (TPSA) is 12.5 Å². The highest BCUT2D eigenvalue weighted by atomic mass is 16.5. The summed E-state index contributed by atoms with van der Waals surface area (Å²) in [6.45, 7) is 4.73. The number of hydrogen-bond acceptors (Lipinski definition) is 2. The van der Waals surface area contributed by atoms with Gasteiger partial charge in [0, 0.05) is 28.3 Å². The fourth-order valence-electron chi connectivity index (χ4n) is 12.0. The molecule has 314 valence electrons. The van der Waals surface area contributed by atoms with Gasteiger partial charge in [-0.15, -0.1) is 0 Å². The van der Waals surface area contributed by atoms with Crippen LogP contribution in [0.3, 0.4) is 0 Å². The Morgan fingerprint density at radius 2 is 0.955 bits per heavy atom. The number of hydrogen-bond donors (Lipinski definition) is 0. The number of rotatable bonds is 7. The lowest BCUT2D eigenvalue weighted by molar-refractivity contribution is 0.242. The van der Waals surface area contributed by atoms with Gasteiger partial charge in [-0.05, 0) is 114 Å². The van der Waals surface area contributed by atoms with Crippen LogP contribution < -0.4 is 9.64 Å². The first-order valence-electron chi connectivity index (χ1n) is 23.2. The lowest BCUT2D eigenvalue weighted by Gasteiger charge is -2.40. The van der Waals surface area contributed by atoms with Crippen molar-refractivity contribution in [2.45, 2.75) is 36.7 Å². The highest BCUT2D eigenvalue weighted by Crippen LogP contribution is 2.61. The zero-order valence-corrected chi connectivity index (χ0v) is 37.0. The molecule has 9 aromatic carbocycles. The van der Waals surface area contributed by atoms with Crippen molar-refractivity contribution in [2.24, 2.45) is 0 Å². The van der Waals surface area contributed by atoms with Gasteiger partial charge in [-0.25, -0.2) is 0 Å². The molecule has 0 saturated heterocycles. The summed E-state index contributed by atoms with van der Waals surface area (Å²) in [6.07, 6.45) is 6.78. The second-order valence-electron chi connectivity index (χ2n) is 18.7. The molecule has 0 bridgehead atoms. The molecule has 9 aromatic rings. The van der Waals surface area contributed by atoms with E-state index in [-0.39, 0.29) is 17.4 Å². The van der Waals surface area contributed by atoms with Crippen LogP contribution in [0.15, 0.2) is 242 Å². The molecule has 2 nitrogen and oxygen atoms in total. The van der Waals surface area contributed by atoms with Crippen LogP contribution in [0.2, 0.25) is 0 Å². The van der Waals surface area contributed by atoms with E-state index in [1.54, 1.807) is 0 Å². The van der Waals surface area contributed by atoms with Gasteiger partial charge in [-0.2, -0.15) is 0 Å². The lowest BCUT2D eigenvalue weighted by atomic mass is 9.63. The molecule has 0 spiro atoms. The molecule has 1 aliphatic heterocycles. The fourth-order valence-corrected chi connectivity index (χ4v) is 12.0. The Bertz CT molecular complexity index is 3370. The standard InChI is InChI=1S/C64H47NO/c1-63(2)54-25-12-9-21-49(54)52-40-39-48(41-58(52)63)65(47-37-35-45(36-38-47)44-33-31-43(32-34-44)42-17-5-3-6-18-42)59-29-16-30-60-61(59)53-24-15-28-57(62(53)66-60)64(46-19-7-4-8-20-46)55-26-13-10-22-50(55)51-23-11-14-27-56(51)64/h3-41,53,62H,1-2H3. The molecule has 1 heterocycles. The lowest BCUT2D eigenvalue weighted by Crippen LogP contribution is -2.39. The summed E-state index contributed by atoms with van der Waals surface area (Å²) >= 11 is 0. The summed E-state index contributed by atoms with van der Waals surface area (Å²) in [5.74, 6) is 0.897. The Labute approximate surface area is 387 Å². The van der Waals surface area contributed by atoms with Crippen molar-refractivity contribution in [3.63, 3.8) is 0 Å². The number of benzene rings is 9. The van der Waals surface area contributed by atoms with E-state index in [0.29, 0.717) is 0 Å². The van der Waals surface area contributed by atoms with Crippen LogP contribution >= 0.6 is 0 Å². The molecule has 0 radical (unpaired) electrons. The molecule has 0 saturated carbocycles. The van der Waals surface area contributed by atoms with Crippen molar-refractivity contribution in [1.82, 2.24) is 0 Å². The number of fused-ring (bicyclic) bond motifs is 9. The SMILES string of the molecule is CC1(C)c2ccccc2-c2ccc(N(c3ccc(-c4ccc(-c5ccccc5)cc4)cc3)c3cccc4c3C3C=CC=C(C5(c6ccccc6)c6ccccc6-c6ccccc65)C3O4)cc21. The molecule has 13 rings (SSSR count). The van der Waals surface area contributed by atoms with Gasteiger partial charge >= 0.3 is 0 Å². The van der Waals surface area contributed by atoms with E-state index in [1.807, 2.05) is 0 Å². The molecule has 0 N–H and O–H groups in total. The van der Waals surface area contributed by atoms with Crippen molar-refractivity contribution in [1.29, 1.82) is 0 Å². The number of ether oxygens (including phenoxy) is 1. The van der Waals surface area contributed by atoms with E-state index in [2.05, 4.69) is 255 Å². The number of allylic oxidation sites excluding steroid dienone is 2. The molecule has 0 amide bonds. The third kappa shape index (κ3) is 5.61. The molecule has 2 unspecified atom stereocenters. The monoisotopic (exact) mass is 845 g/mol. The Hall–Kier alpha value is -7.94. The van der Waals surface area contributed by atoms with E-state index in [1.165, 1.54) is 83.5 Å². The maximum atomic E-state index is 7.40. The number of nitrogens with zero attached hydrogens (tertiary/aromatic N) is 1. The summed E-state index contributed by atoms with van der Waals surface area (Å²) in [5.41, 5.74) is 21.7. The van der Waals surface area contributed by atoms with Crippen LogP contribution in [-0.4, -0.2) is 6.10 Å². The Morgan fingerprint density at radius 1 is 0.439 bits per heavy atom. The molecule has 2 atom stereocenters. The average molecular weight is 846 g/mol. The third-order valence-electron chi connectivity index (χ3n) is 15.0.